The normalized spacial score (nSPS) is 11.1. The van der Waals surface area contributed by atoms with Crippen LogP contribution in [0.5, 0.6) is 11.8 Å². The van der Waals surface area contributed by atoms with Crippen molar-refractivity contribution in [3.8, 4) is 11.8 Å². The van der Waals surface area contributed by atoms with Crippen LogP contribution in [0.3, 0.4) is 0 Å². The first-order chi connectivity index (χ1) is 9.90. The molecule has 1 aromatic heterocycles. The van der Waals surface area contributed by atoms with Gasteiger partial charge in [0.2, 0.25) is 23.6 Å². The van der Waals surface area contributed by atoms with Crippen LogP contribution in [0.25, 0.3) is 0 Å². The number of carbonyl (C=O) groups is 1. The first kappa shape index (κ1) is 17.2. The van der Waals surface area contributed by atoms with E-state index in [1.165, 1.54) is 14.2 Å². The summed E-state index contributed by atoms with van der Waals surface area (Å²) < 4.78 is 10.1. The van der Waals surface area contributed by atoms with Crippen molar-refractivity contribution in [2.24, 2.45) is 11.1 Å². The molecule has 7 heteroatoms. The highest BCUT2D eigenvalue weighted by molar-refractivity contribution is 5.89. The largest absolute Gasteiger partial charge is 0.481 e. The molecule has 0 fully saturated rings. The lowest BCUT2D eigenvalue weighted by atomic mass is 9.84. The minimum Gasteiger partial charge on any atom is -0.481 e. The zero-order chi connectivity index (χ0) is 15.9. The van der Waals surface area contributed by atoms with Crippen LogP contribution in [0.1, 0.15) is 33.1 Å². The summed E-state index contributed by atoms with van der Waals surface area (Å²) in [6.07, 6.45) is 2.01. The third-order valence-corrected chi connectivity index (χ3v) is 3.20. The quantitative estimate of drug-likeness (QED) is 0.755. The van der Waals surface area contributed by atoms with E-state index in [1.807, 2.05) is 0 Å². The van der Waals surface area contributed by atoms with Crippen molar-refractivity contribution in [1.29, 1.82) is 0 Å². The number of nitrogens with one attached hydrogen (secondary N) is 1. The van der Waals surface area contributed by atoms with Crippen LogP contribution in [-0.2, 0) is 4.79 Å². The molecule has 0 aliphatic rings. The summed E-state index contributed by atoms with van der Waals surface area (Å²) in [7, 11) is 2.98. The first-order valence-electron chi connectivity index (χ1n) is 6.87. The number of rotatable bonds is 8. The van der Waals surface area contributed by atoms with Gasteiger partial charge in [0.25, 0.3) is 0 Å². The molecule has 1 rings (SSSR count). The molecule has 3 N–H and O–H groups in total. The van der Waals surface area contributed by atoms with E-state index in [-0.39, 0.29) is 17.3 Å². The van der Waals surface area contributed by atoms with E-state index in [4.69, 9.17) is 15.2 Å². The number of hydrogen-bond acceptors (Lipinski definition) is 6. The summed E-state index contributed by atoms with van der Waals surface area (Å²) in [6.45, 7) is 4.81. The highest BCUT2D eigenvalue weighted by Crippen LogP contribution is 2.26. The van der Waals surface area contributed by atoms with E-state index in [2.05, 4.69) is 29.1 Å². The van der Waals surface area contributed by atoms with Crippen molar-refractivity contribution >= 4 is 11.9 Å². The average Bonchev–Trinajstić information content (AvgIpc) is 2.44. The van der Waals surface area contributed by atoms with Crippen LogP contribution in [0, 0.1) is 5.41 Å². The van der Waals surface area contributed by atoms with Crippen molar-refractivity contribution in [2.45, 2.75) is 33.1 Å². The van der Waals surface area contributed by atoms with Gasteiger partial charge in [-0.25, -0.2) is 0 Å². The van der Waals surface area contributed by atoms with Gasteiger partial charge in [0.1, 0.15) is 0 Å². The Kier molecular flexibility index (Phi) is 6.36. The number of ether oxygens (including phenoxy) is 2. The topological polar surface area (TPSA) is 99.4 Å². The fourth-order valence-electron chi connectivity index (χ4n) is 1.82. The van der Waals surface area contributed by atoms with Crippen LogP contribution in [0.15, 0.2) is 6.07 Å². The fourth-order valence-corrected chi connectivity index (χ4v) is 1.82. The number of nitrogens with two attached hydrogens (primary N) is 1. The second kappa shape index (κ2) is 7.78. The van der Waals surface area contributed by atoms with Gasteiger partial charge in [0.15, 0.2) is 0 Å². The van der Waals surface area contributed by atoms with Gasteiger partial charge in [-0.05, 0) is 24.8 Å². The molecule has 0 radical (unpaired) electrons. The summed E-state index contributed by atoms with van der Waals surface area (Å²) in [5.41, 5.74) is 5.60. The highest BCUT2D eigenvalue weighted by Gasteiger charge is 2.19. The maximum atomic E-state index is 12.0. The third-order valence-electron chi connectivity index (χ3n) is 3.20. The number of anilines is 1. The van der Waals surface area contributed by atoms with E-state index >= 15 is 0 Å². The number of amides is 1. The number of hydrogen-bond donors (Lipinski definition) is 2. The second-order valence-corrected chi connectivity index (χ2v) is 5.53. The Labute approximate surface area is 125 Å². The van der Waals surface area contributed by atoms with E-state index in [0.29, 0.717) is 24.7 Å². The van der Waals surface area contributed by atoms with E-state index < -0.39 is 0 Å². The molecule has 1 amide bonds. The molecule has 118 valence electrons. The van der Waals surface area contributed by atoms with E-state index in [9.17, 15) is 4.79 Å². The van der Waals surface area contributed by atoms with Crippen LogP contribution >= 0.6 is 0 Å². The smallest absolute Gasteiger partial charge is 0.236 e. The summed E-state index contributed by atoms with van der Waals surface area (Å²) in [5, 5.41) is 2.65. The van der Waals surface area contributed by atoms with Crippen LogP contribution in [0.4, 0.5) is 5.95 Å². The van der Waals surface area contributed by atoms with Gasteiger partial charge in [-0.1, -0.05) is 13.8 Å². The van der Waals surface area contributed by atoms with E-state index in [0.717, 1.165) is 12.8 Å². The van der Waals surface area contributed by atoms with Gasteiger partial charge in [0.05, 0.1) is 20.3 Å². The first-order valence-corrected chi connectivity index (χ1v) is 6.87. The average molecular weight is 296 g/mol. The number of carbonyl (C=O) groups excluding carboxylic acids is 1. The molecule has 0 saturated heterocycles. The maximum absolute atomic E-state index is 12.0. The minimum absolute atomic E-state index is 0.0407. The second-order valence-electron chi connectivity index (χ2n) is 5.53. The van der Waals surface area contributed by atoms with E-state index in [1.54, 1.807) is 6.07 Å². The van der Waals surface area contributed by atoms with Crippen molar-refractivity contribution in [2.75, 3.05) is 26.1 Å². The minimum atomic E-state index is -0.143. The summed E-state index contributed by atoms with van der Waals surface area (Å²) in [4.78, 5) is 20.1. The Hall–Kier alpha value is -1.89. The fraction of sp³-hybridized carbons (Fsp3) is 0.643. The highest BCUT2D eigenvalue weighted by atomic mass is 16.5. The Morgan fingerprint density at radius 3 is 2.29 bits per heavy atom. The third kappa shape index (κ3) is 5.95. The van der Waals surface area contributed by atoms with Crippen LogP contribution in [-0.4, -0.2) is 36.6 Å². The summed E-state index contributed by atoms with van der Waals surface area (Å²) in [6, 6.07) is 1.54. The van der Waals surface area contributed by atoms with Crippen LogP contribution < -0.4 is 20.5 Å². The van der Waals surface area contributed by atoms with Gasteiger partial charge in [-0.15, -0.1) is 0 Å². The van der Waals surface area contributed by atoms with Crippen molar-refractivity contribution < 1.29 is 14.3 Å². The molecule has 0 atom stereocenters. The maximum Gasteiger partial charge on any atom is 0.236 e. The molecule has 0 aliphatic heterocycles. The molecule has 0 spiro atoms. The SMILES string of the molecule is COc1cc(OC)nc(NC(=O)CCC(C)(C)CCN)n1. The molecule has 0 saturated carbocycles. The van der Waals surface area contributed by atoms with Crippen molar-refractivity contribution in [3.05, 3.63) is 6.07 Å². The lowest BCUT2D eigenvalue weighted by Crippen LogP contribution is -2.21. The monoisotopic (exact) mass is 296 g/mol. The Morgan fingerprint density at radius 2 is 1.81 bits per heavy atom. The van der Waals surface area contributed by atoms with Crippen LogP contribution in [0.2, 0.25) is 0 Å². The van der Waals surface area contributed by atoms with Gasteiger partial charge < -0.3 is 15.2 Å². The molecule has 1 heterocycles. The summed E-state index contributed by atoms with van der Waals surface area (Å²) in [5.74, 6) is 0.699. The van der Waals surface area contributed by atoms with Crippen molar-refractivity contribution in [3.63, 3.8) is 0 Å². The lowest BCUT2D eigenvalue weighted by Gasteiger charge is -2.23. The van der Waals surface area contributed by atoms with Gasteiger partial charge in [-0.3, -0.25) is 10.1 Å². The Bertz CT molecular complexity index is 455. The van der Waals surface area contributed by atoms with Crippen molar-refractivity contribution in [1.82, 2.24) is 9.97 Å². The molecule has 21 heavy (non-hydrogen) atoms. The molecule has 0 bridgehead atoms. The zero-order valence-electron chi connectivity index (χ0n) is 13.1. The predicted octanol–water partition coefficient (Wildman–Crippen LogP) is 1.59. The predicted molar refractivity (Wildman–Crippen MR) is 80.5 cm³/mol. The number of methoxy groups -OCH3 is 2. The standard InChI is InChI=1S/C14H24N4O3/c1-14(2,7-8-15)6-5-10(19)16-13-17-11(20-3)9-12(18-13)21-4/h9H,5-8,15H2,1-4H3,(H,16,17,18,19). The molecular formula is C14H24N4O3. The Balaban J connectivity index is 2.62. The van der Waals surface area contributed by atoms with Gasteiger partial charge >= 0.3 is 0 Å². The summed E-state index contributed by atoms with van der Waals surface area (Å²) >= 11 is 0. The zero-order valence-corrected chi connectivity index (χ0v) is 13.1. The number of aromatic nitrogens is 2. The molecule has 0 unspecified atom stereocenters. The van der Waals surface area contributed by atoms with Gasteiger partial charge in [-0.2, -0.15) is 9.97 Å². The lowest BCUT2D eigenvalue weighted by molar-refractivity contribution is -0.116. The number of nitrogens with zero attached hydrogens (tertiary/aromatic N) is 2. The Morgan fingerprint density at radius 1 is 1.24 bits per heavy atom. The molecule has 0 aliphatic carbocycles. The molecule has 1 aromatic rings. The molecule has 0 aromatic carbocycles. The van der Waals surface area contributed by atoms with Gasteiger partial charge in [0, 0.05) is 6.42 Å². The molecular weight excluding hydrogens is 272 g/mol. The molecule has 7 nitrogen and oxygen atoms in total.